The van der Waals surface area contributed by atoms with E-state index < -0.39 is 5.60 Å². The molecule has 3 heterocycles. The number of amides is 1. The van der Waals surface area contributed by atoms with Crippen LogP contribution in [0.25, 0.3) is 22.3 Å². The number of carbonyl (C=O) groups excluding carboxylic acids is 1. The molecule has 7 nitrogen and oxygen atoms in total. The summed E-state index contributed by atoms with van der Waals surface area (Å²) < 4.78 is 1.83. The number of fused-ring (bicyclic) bond motifs is 1. The Hall–Kier alpha value is -3.45. The van der Waals surface area contributed by atoms with Crippen molar-refractivity contribution in [1.82, 2.24) is 25.1 Å². The molecule has 0 spiro atoms. The SMILES string of the molecule is Cn1c(C(=O)NCCCCc2cccc(C(C)(C)O)c2)cc2ccc(-c3cn[nH]c3)nc21. The quantitative estimate of drug-likeness (QED) is 0.368. The maximum absolute atomic E-state index is 12.7. The molecule has 0 fully saturated rings. The van der Waals surface area contributed by atoms with Gasteiger partial charge in [0.2, 0.25) is 0 Å². The number of nitrogens with one attached hydrogen (secondary N) is 2. The first-order chi connectivity index (χ1) is 15.3. The minimum absolute atomic E-state index is 0.0978. The monoisotopic (exact) mass is 431 g/mol. The highest BCUT2D eigenvalue weighted by atomic mass is 16.3. The molecule has 0 aliphatic carbocycles. The van der Waals surface area contributed by atoms with E-state index in [1.54, 1.807) is 26.2 Å². The van der Waals surface area contributed by atoms with Crippen molar-refractivity contribution in [1.29, 1.82) is 0 Å². The first-order valence-electron chi connectivity index (χ1n) is 10.9. The van der Waals surface area contributed by atoms with Crippen LogP contribution in [-0.4, -0.2) is 37.3 Å². The van der Waals surface area contributed by atoms with Crippen LogP contribution in [0.1, 0.15) is 48.3 Å². The van der Waals surface area contributed by atoms with Crippen LogP contribution < -0.4 is 5.32 Å². The molecule has 0 saturated heterocycles. The number of benzene rings is 1. The Morgan fingerprint density at radius 2 is 2.03 bits per heavy atom. The van der Waals surface area contributed by atoms with Crippen molar-refractivity contribution >= 4 is 16.9 Å². The Bertz CT molecular complexity index is 1220. The minimum Gasteiger partial charge on any atom is -0.386 e. The first-order valence-corrected chi connectivity index (χ1v) is 10.9. The summed E-state index contributed by atoms with van der Waals surface area (Å²) in [5.41, 5.74) is 4.36. The van der Waals surface area contributed by atoms with Crippen LogP contribution in [-0.2, 0) is 19.1 Å². The molecule has 0 saturated carbocycles. The Labute approximate surface area is 187 Å². The topological polar surface area (TPSA) is 95.8 Å². The van der Waals surface area contributed by atoms with E-state index in [0.717, 1.165) is 47.1 Å². The van der Waals surface area contributed by atoms with Gasteiger partial charge in [-0.05, 0) is 62.4 Å². The lowest BCUT2D eigenvalue weighted by Gasteiger charge is -2.18. The van der Waals surface area contributed by atoms with Gasteiger partial charge in [-0.1, -0.05) is 24.3 Å². The second kappa shape index (κ2) is 8.96. The van der Waals surface area contributed by atoms with E-state index in [9.17, 15) is 9.90 Å². The van der Waals surface area contributed by atoms with Crippen molar-refractivity contribution in [2.75, 3.05) is 6.54 Å². The van der Waals surface area contributed by atoms with E-state index in [1.165, 1.54) is 5.56 Å². The number of aromatic nitrogens is 4. The van der Waals surface area contributed by atoms with Gasteiger partial charge in [-0.3, -0.25) is 9.89 Å². The third-order valence-corrected chi connectivity index (χ3v) is 5.71. The van der Waals surface area contributed by atoms with Gasteiger partial charge in [0.25, 0.3) is 5.91 Å². The third kappa shape index (κ3) is 4.73. The third-order valence-electron chi connectivity index (χ3n) is 5.71. The van der Waals surface area contributed by atoms with Crippen molar-refractivity contribution in [3.05, 3.63) is 71.7 Å². The molecule has 4 rings (SSSR count). The summed E-state index contributed by atoms with van der Waals surface area (Å²) >= 11 is 0. The second-order valence-corrected chi connectivity index (χ2v) is 8.66. The van der Waals surface area contributed by atoms with Crippen LogP contribution in [0.4, 0.5) is 0 Å². The van der Waals surface area contributed by atoms with Crippen LogP contribution in [0.3, 0.4) is 0 Å². The molecule has 166 valence electrons. The van der Waals surface area contributed by atoms with Gasteiger partial charge in [-0.25, -0.2) is 4.98 Å². The fourth-order valence-corrected chi connectivity index (χ4v) is 3.82. The molecule has 3 N–H and O–H groups in total. The molecule has 0 radical (unpaired) electrons. The first kappa shape index (κ1) is 21.8. The molecule has 1 aromatic carbocycles. The Kier molecular flexibility index (Phi) is 6.10. The zero-order valence-corrected chi connectivity index (χ0v) is 18.7. The van der Waals surface area contributed by atoms with E-state index in [-0.39, 0.29) is 5.91 Å². The van der Waals surface area contributed by atoms with E-state index in [0.29, 0.717) is 12.2 Å². The van der Waals surface area contributed by atoms with Crippen molar-refractivity contribution < 1.29 is 9.90 Å². The van der Waals surface area contributed by atoms with Crippen LogP contribution in [0.15, 0.2) is 54.9 Å². The number of pyridine rings is 1. The lowest BCUT2D eigenvalue weighted by molar-refractivity contribution is 0.0785. The van der Waals surface area contributed by atoms with Gasteiger partial charge in [0.1, 0.15) is 11.3 Å². The van der Waals surface area contributed by atoms with Gasteiger partial charge >= 0.3 is 0 Å². The standard InChI is InChI=1S/C25H29N5O2/c1-25(2,32)20-9-6-8-17(13-20)7-4-5-12-26-24(31)22-14-18-10-11-21(19-15-27-28-16-19)29-23(18)30(22)3/h6,8-11,13-16,32H,4-5,7,12H2,1-3H3,(H,26,31)(H,27,28). The predicted molar refractivity (Wildman–Crippen MR) is 125 cm³/mol. The summed E-state index contributed by atoms with van der Waals surface area (Å²) in [6, 6.07) is 13.8. The lowest BCUT2D eigenvalue weighted by atomic mass is 9.95. The number of H-pyrrole nitrogens is 1. The average molecular weight is 432 g/mol. The summed E-state index contributed by atoms with van der Waals surface area (Å²) in [6.07, 6.45) is 6.28. The van der Waals surface area contributed by atoms with Gasteiger partial charge in [0.05, 0.1) is 17.5 Å². The average Bonchev–Trinajstić information content (AvgIpc) is 3.41. The number of nitrogens with zero attached hydrogens (tertiary/aromatic N) is 3. The second-order valence-electron chi connectivity index (χ2n) is 8.66. The molecule has 0 aliphatic rings. The number of aromatic amines is 1. The number of unbranched alkanes of at least 4 members (excludes halogenated alkanes) is 1. The fourth-order valence-electron chi connectivity index (χ4n) is 3.82. The number of carbonyl (C=O) groups is 1. The van der Waals surface area contributed by atoms with E-state index in [1.807, 2.05) is 41.9 Å². The Morgan fingerprint density at radius 3 is 2.78 bits per heavy atom. The molecular formula is C25H29N5O2. The Balaban J connectivity index is 1.33. The summed E-state index contributed by atoms with van der Waals surface area (Å²) in [6.45, 7) is 4.20. The van der Waals surface area contributed by atoms with E-state index in [2.05, 4.69) is 27.6 Å². The summed E-state index contributed by atoms with van der Waals surface area (Å²) in [7, 11) is 1.86. The molecular weight excluding hydrogens is 402 g/mol. The van der Waals surface area contributed by atoms with Gasteiger partial charge in [-0.15, -0.1) is 0 Å². The zero-order valence-electron chi connectivity index (χ0n) is 18.7. The highest BCUT2D eigenvalue weighted by Crippen LogP contribution is 2.23. The normalized spacial score (nSPS) is 11.8. The molecule has 4 aromatic rings. The molecule has 0 unspecified atom stereocenters. The molecule has 0 atom stereocenters. The van der Waals surface area contributed by atoms with Gasteiger partial charge < -0.3 is 15.0 Å². The minimum atomic E-state index is -0.837. The van der Waals surface area contributed by atoms with Crippen molar-refractivity contribution in [3.8, 4) is 11.3 Å². The largest absolute Gasteiger partial charge is 0.386 e. The molecule has 0 aliphatic heterocycles. The number of hydrogen-bond donors (Lipinski definition) is 3. The van der Waals surface area contributed by atoms with Crippen LogP contribution in [0, 0.1) is 0 Å². The summed E-state index contributed by atoms with van der Waals surface area (Å²) in [5, 5.41) is 20.9. The highest BCUT2D eigenvalue weighted by molar-refractivity contribution is 5.98. The van der Waals surface area contributed by atoms with Crippen molar-refractivity contribution in [2.24, 2.45) is 7.05 Å². The Morgan fingerprint density at radius 1 is 1.19 bits per heavy atom. The van der Waals surface area contributed by atoms with Crippen LogP contribution in [0.2, 0.25) is 0 Å². The number of rotatable bonds is 8. The smallest absolute Gasteiger partial charge is 0.267 e. The summed E-state index contributed by atoms with van der Waals surface area (Å²) in [4.78, 5) is 17.4. The molecule has 1 amide bonds. The predicted octanol–water partition coefficient (Wildman–Crippen LogP) is 3.94. The molecule has 3 aromatic heterocycles. The molecule has 0 bridgehead atoms. The van der Waals surface area contributed by atoms with Crippen molar-refractivity contribution in [3.63, 3.8) is 0 Å². The lowest BCUT2D eigenvalue weighted by Crippen LogP contribution is -2.26. The maximum Gasteiger partial charge on any atom is 0.267 e. The maximum atomic E-state index is 12.7. The van der Waals surface area contributed by atoms with E-state index in [4.69, 9.17) is 4.98 Å². The number of aryl methyl sites for hydroxylation is 2. The van der Waals surface area contributed by atoms with Crippen LogP contribution in [0.5, 0.6) is 0 Å². The number of hydrogen-bond acceptors (Lipinski definition) is 4. The van der Waals surface area contributed by atoms with Gasteiger partial charge in [-0.2, -0.15) is 5.10 Å². The van der Waals surface area contributed by atoms with Gasteiger partial charge in [0, 0.05) is 30.7 Å². The van der Waals surface area contributed by atoms with E-state index >= 15 is 0 Å². The fraction of sp³-hybridized carbons (Fsp3) is 0.320. The highest BCUT2D eigenvalue weighted by Gasteiger charge is 2.16. The zero-order chi connectivity index (χ0) is 22.7. The molecule has 7 heteroatoms. The van der Waals surface area contributed by atoms with Gasteiger partial charge in [0.15, 0.2) is 0 Å². The van der Waals surface area contributed by atoms with Crippen molar-refractivity contribution in [2.45, 2.75) is 38.7 Å². The van der Waals surface area contributed by atoms with Crippen LogP contribution >= 0.6 is 0 Å². The molecule has 32 heavy (non-hydrogen) atoms. The number of aliphatic hydroxyl groups is 1. The summed E-state index contributed by atoms with van der Waals surface area (Å²) in [5.74, 6) is -0.0978.